The van der Waals surface area contributed by atoms with Crippen molar-refractivity contribution in [3.05, 3.63) is 40.2 Å². The van der Waals surface area contributed by atoms with Crippen LogP contribution in [0.4, 0.5) is 5.69 Å². The molecule has 1 aromatic carbocycles. The quantitative estimate of drug-likeness (QED) is 0.617. The predicted molar refractivity (Wildman–Crippen MR) is 63.2 cm³/mol. The van der Waals surface area contributed by atoms with E-state index in [1.54, 1.807) is 16.8 Å². The fraction of sp³-hybridized carbons (Fsp3) is 0.300. The molecule has 8 nitrogen and oxygen atoms in total. The molecular weight excluding hydrogens is 236 g/mol. The Morgan fingerprint density at radius 2 is 2.11 bits per heavy atom. The molecule has 0 saturated heterocycles. The average Bonchev–Trinajstić information content (AvgIpc) is 2.84. The number of nitrogens with zero attached hydrogens (tertiary/aromatic N) is 5. The van der Waals surface area contributed by atoms with Gasteiger partial charge in [0.2, 0.25) is 0 Å². The number of nitro groups is 1. The van der Waals surface area contributed by atoms with Crippen molar-refractivity contribution < 1.29 is 4.92 Å². The summed E-state index contributed by atoms with van der Waals surface area (Å²) in [7, 11) is 0. The number of benzene rings is 1. The van der Waals surface area contributed by atoms with Gasteiger partial charge in [0.15, 0.2) is 5.82 Å². The van der Waals surface area contributed by atoms with E-state index >= 15 is 0 Å². The van der Waals surface area contributed by atoms with Crippen LogP contribution in [0.2, 0.25) is 0 Å². The molecule has 0 radical (unpaired) electrons. The number of aromatic nitrogens is 4. The van der Waals surface area contributed by atoms with Crippen LogP contribution >= 0.6 is 0 Å². The Balaban J connectivity index is 2.25. The Hall–Kier alpha value is -2.35. The molecule has 1 heterocycles. The van der Waals surface area contributed by atoms with Gasteiger partial charge in [0, 0.05) is 12.1 Å². The Morgan fingerprint density at radius 1 is 1.39 bits per heavy atom. The Bertz CT molecular complexity index is 536. The first-order valence-corrected chi connectivity index (χ1v) is 5.45. The topological polar surface area (TPSA) is 98.8 Å². The lowest BCUT2D eigenvalue weighted by atomic mass is 10.3. The standard InChI is InChI=1S/C10H12N6O2/c1-2-11-7-10-12-13-14-15(10)8-3-5-9(6-4-8)16(17)18/h3-6,11H,2,7H2,1H3. The predicted octanol–water partition coefficient (Wildman–Crippen LogP) is 0.680. The van der Waals surface area contributed by atoms with Crippen LogP contribution in [0.25, 0.3) is 5.69 Å². The van der Waals surface area contributed by atoms with Gasteiger partial charge >= 0.3 is 0 Å². The number of hydrogen-bond donors (Lipinski definition) is 1. The van der Waals surface area contributed by atoms with E-state index in [1.165, 1.54) is 12.1 Å². The Kier molecular flexibility index (Phi) is 3.58. The summed E-state index contributed by atoms with van der Waals surface area (Å²) in [4.78, 5) is 10.1. The molecule has 0 fully saturated rings. The number of nitrogens with one attached hydrogen (secondary N) is 1. The van der Waals surface area contributed by atoms with Gasteiger partial charge in [0.05, 0.1) is 17.2 Å². The molecular formula is C10H12N6O2. The van der Waals surface area contributed by atoms with Gasteiger partial charge in [-0.25, -0.2) is 0 Å². The molecule has 1 aromatic heterocycles. The van der Waals surface area contributed by atoms with E-state index in [0.717, 1.165) is 6.54 Å². The fourth-order valence-electron chi connectivity index (χ4n) is 1.47. The van der Waals surface area contributed by atoms with Crippen molar-refractivity contribution in [3.8, 4) is 5.69 Å². The van der Waals surface area contributed by atoms with Crippen molar-refractivity contribution in [2.75, 3.05) is 6.54 Å². The van der Waals surface area contributed by atoms with E-state index in [9.17, 15) is 10.1 Å². The minimum atomic E-state index is -0.442. The number of hydrogen-bond acceptors (Lipinski definition) is 6. The lowest BCUT2D eigenvalue weighted by Crippen LogP contribution is -2.16. The maximum atomic E-state index is 10.6. The Labute approximate surface area is 103 Å². The van der Waals surface area contributed by atoms with Crippen molar-refractivity contribution in [2.45, 2.75) is 13.5 Å². The second kappa shape index (κ2) is 5.32. The van der Waals surface area contributed by atoms with Gasteiger partial charge < -0.3 is 5.32 Å². The van der Waals surface area contributed by atoms with Crippen molar-refractivity contribution in [1.82, 2.24) is 25.5 Å². The summed E-state index contributed by atoms with van der Waals surface area (Å²) < 4.78 is 1.55. The molecule has 2 aromatic rings. The van der Waals surface area contributed by atoms with E-state index in [-0.39, 0.29) is 5.69 Å². The zero-order chi connectivity index (χ0) is 13.0. The van der Waals surface area contributed by atoms with Crippen molar-refractivity contribution in [1.29, 1.82) is 0 Å². The molecule has 2 rings (SSSR count). The monoisotopic (exact) mass is 248 g/mol. The van der Waals surface area contributed by atoms with Gasteiger partial charge in [0.25, 0.3) is 5.69 Å². The molecule has 0 atom stereocenters. The van der Waals surface area contributed by atoms with Gasteiger partial charge in [-0.1, -0.05) is 6.92 Å². The maximum absolute atomic E-state index is 10.6. The van der Waals surface area contributed by atoms with E-state index in [1.807, 2.05) is 6.92 Å². The summed E-state index contributed by atoms with van der Waals surface area (Å²) >= 11 is 0. The minimum Gasteiger partial charge on any atom is -0.310 e. The molecule has 8 heteroatoms. The lowest BCUT2D eigenvalue weighted by molar-refractivity contribution is -0.384. The first-order valence-electron chi connectivity index (χ1n) is 5.45. The molecule has 0 bridgehead atoms. The summed E-state index contributed by atoms with van der Waals surface area (Å²) in [5.74, 6) is 0.658. The van der Waals surface area contributed by atoms with Gasteiger partial charge in [-0.15, -0.1) is 5.10 Å². The summed E-state index contributed by atoms with van der Waals surface area (Å²) in [6.45, 7) is 3.34. The highest BCUT2D eigenvalue weighted by Gasteiger charge is 2.09. The van der Waals surface area contributed by atoms with Crippen LogP contribution in [0.1, 0.15) is 12.7 Å². The third kappa shape index (κ3) is 2.48. The zero-order valence-electron chi connectivity index (χ0n) is 9.78. The summed E-state index contributed by atoms with van der Waals surface area (Å²) in [6, 6.07) is 6.08. The average molecular weight is 248 g/mol. The second-order valence-electron chi connectivity index (χ2n) is 3.56. The van der Waals surface area contributed by atoms with Crippen LogP contribution in [0.3, 0.4) is 0 Å². The molecule has 0 saturated carbocycles. The first-order chi connectivity index (χ1) is 8.72. The number of non-ortho nitro benzene ring substituents is 1. The van der Waals surface area contributed by atoms with Gasteiger partial charge in [-0.2, -0.15) is 4.68 Å². The molecule has 0 aliphatic rings. The molecule has 94 valence electrons. The normalized spacial score (nSPS) is 10.5. The lowest BCUT2D eigenvalue weighted by Gasteiger charge is -2.04. The molecule has 0 aliphatic heterocycles. The second-order valence-corrected chi connectivity index (χ2v) is 3.56. The SMILES string of the molecule is CCNCc1nnnn1-c1ccc([N+](=O)[O-])cc1. The number of nitro benzene ring substituents is 1. The van der Waals surface area contributed by atoms with E-state index in [2.05, 4.69) is 20.8 Å². The highest BCUT2D eigenvalue weighted by molar-refractivity contribution is 5.40. The van der Waals surface area contributed by atoms with E-state index in [0.29, 0.717) is 18.1 Å². The summed E-state index contributed by atoms with van der Waals surface area (Å²) in [6.07, 6.45) is 0. The molecule has 0 aliphatic carbocycles. The summed E-state index contributed by atoms with van der Waals surface area (Å²) in [5.41, 5.74) is 0.735. The van der Waals surface area contributed by atoms with Crippen LogP contribution < -0.4 is 5.32 Å². The molecule has 0 amide bonds. The van der Waals surface area contributed by atoms with Crippen LogP contribution in [-0.2, 0) is 6.54 Å². The van der Waals surface area contributed by atoms with E-state index in [4.69, 9.17) is 0 Å². The number of rotatable bonds is 5. The first kappa shape index (κ1) is 12.1. The molecule has 18 heavy (non-hydrogen) atoms. The third-order valence-corrected chi connectivity index (χ3v) is 2.37. The van der Waals surface area contributed by atoms with Gasteiger partial charge in [0.1, 0.15) is 0 Å². The van der Waals surface area contributed by atoms with Crippen LogP contribution in [-0.4, -0.2) is 31.7 Å². The summed E-state index contributed by atoms with van der Waals surface area (Å²) in [5, 5.41) is 25.0. The molecule has 1 N–H and O–H groups in total. The smallest absolute Gasteiger partial charge is 0.269 e. The van der Waals surface area contributed by atoms with Gasteiger partial charge in [-0.3, -0.25) is 10.1 Å². The zero-order valence-corrected chi connectivity index (χ0v) is 9.78. The minimum absolute atomic E-state index is 0.0417. The molecule has 0 spiro atoms. The maximum Gasteiger partial charge on any atom is 0.269 e. The molecule has 0 unspecified atom stereocenters. The van der Waals surface area contributed by atoms with Crippen molar-refractivity contribution in [2.24, 2.45) is 0 Å². The number of tetrazole rings is 1. The third-order valence-electron chi connectivity index (χ3n) is 2.37. The van der Waals surface area contributed by atoms with Gasteiger partial charge in [-0.05, 0) is 29.1 Å². The van der Waals surface area contributed by atoms with E-state index < -0.39 is 4.92 Å². The Morgan fingerprint density at radius 3 is 2.72 bits per heavy atom. The van der Waals surface area contributed by atoms with Crippen LogP contribution in [0.5, 0.6) is 0 Å². The van der Waals surface area contributed by atoms with Crippen LogP contribution in [0, 0.1) is 10.1 Å². The highest BCUT2D eigenvalue weighted by Crippen LogP contribution is 2.14. The van der Waals surface area contributed by atoms with Crippen molar-refractivity contribution in [3.63, 3.8) is 0 Å². The van der Waals surface area contributed by atoms with Crippen LogP contribution in [0.15, 0.2) is 24.3 Å². The highest BCUT2D eigenvalue weighted by atomic mass is 16.6. The van der Waals surface area contributed by atoms with Crippen molar-refractivity contribution >= 4 is 5.69 Å². The fourth-order valence-corrected chi connectivity index (χ4v) is 1.47. The largest absolute Gasteiger partial charge is 0.310 e.